The topological polar surface area (TPSA) is 67.7 Å². The number of nitrogens with one attached hydrogen (secondary N) is 2. The maximum absolute atomic E-state index is 4.47. The Morgan fingerprint density at radius 1 is 1.36 bits per heavy atom. The lowest BCUT2D eigenvalue weighted by Gasteiger charge is -2.13. The zero-order valence-corrected chi connectivity index (χ0v) is 13.1. The molecule has 0 radical (unpaired) electrons. The molecule has 4 heterocycles. The maximum atomic E-state index is 4.47. The molecule has 7 heteroatoms. The smallest absolute Gasteiger partial charge is 0.138 e. The number of fused-ring (bicyclic) bond motifs is 3. The number of hydrogen-bond donors (Lipinski definition) is 2. The first-order valence-electron chi connectivity index (χ1n) is 7.57. The van der Waals surface area contributed by atoms with Crippen LogP contribution in [0.4, 0.5) is 5.82 Å². The van der Waals surface area contributed by atoms with Gasteiger partial charge in [0.15, 0.2) is 0 Å². The largest absolute Gasteiger partial charge is 0.369 e. The normalized spacial score (nSPS) is 14.2. The minimum atomic E-state index is 0.896. The molecular formula is C15H18N6S. The molecule has 3 aromatic rings. The van der Waals surface area contributed by atoms with E-state index in [0.29, 0.717) is 0 Å². The van der Waals surface area contributed by atoms with Gasteiger partial charge in [0.2, 0.25) is 0 Å². The van der Waals surface area contributed by atoms with Crippen molar-refractivity contribution in [3.63, 3.8) is 0 Å². The summed E-state index contributed by atoms with van der Waals surface area (Å²) in [5.41, 5.74) is 1.43. The van der Waals surface area contributed by atoms with Gasteiger partial charge in [-0.1, -0.05) is 0 Å². The van der Waals surface area contributed by atoms with Crippen LogP contribution in [-0.4, -0.2) is 32.6 Å². The van der Waals surface area contributed by atoms with E-state index in [4.69, 9.17) is 0 Å². The summed E-state index contributed by atoms with van der Waals surface area (Å²) in [5, 5.41) is 8.14. The third-order valence-corrected chi connectivity index (χ3v) is 5.09. The highest BCUT2D eigenvalue weighted by Crippen LogP contribution is 2.35. The van der Waals surface area contributed by atoms with Crippen molar-refractivity contribution in [3.05, 3.63) is 35.5 Å². The average molecular weight is 314 g/mol. The van der Waals surface area contributed by atoms with Gasteiger partial charge in [-0.2, -0.15) is 0 Å². The summed E-state index contributed by atoms with van der Waals surface area (Å²) in [7, 11) is 0. The molecule has 22 heavy (non-hydrogen) atoms. The molecule has 0 aliphatic carbocycles. The first-order chi connectivity index (χ1) is 10.9. The first kappa shape index (κ1) is 13.7. The van der Waals surface area contributed by atoms with E-state index in [1.165, 1.54) is 15.8 Å². The zero-order valence-electron chi connectivity index (χ0n) is 12.2. The predicted octanol–water partition coefficient (Wildman–Crippen LogP) is 2.04. The van der Waals surface area contributed by atoms with E-state index in [0.717, 1.165) is 49.7 Å². The molecule has 1 aliphatic rings. The van der Waals surface area contributed by atoms with Gasteiger partial charge < -0.3 is 15.2 Å². The van der Waals surface area contributed by atoms with Crippen molar-refractivity contribution in [2.75, 3.05) is 18.4 Å². The Bertz CT molecular complexity index is 764. The van der Waals surface area contributed by atoms with Crippen LogP contribution >= 0.6 is 11.3 Å². The Morgan fingerprint density at radius 3 is 3.27 bits per heavy atom. The molecule has 0 atom stereocenters. The second-order valence-corrected chi connectivity index (χ2v) is 6.50. The molecule has 114 valence electrons. The fraction of sp³-hybridized carbons (Fsp3) is 0.400. The number of aryl methyl sites for hydroxylation is 1. The van der Waals surface area contributed by atoms with Gasteiger partial charge >= 0.3 is 0 Å². The quantitative estimate of drug-likeness (QED) is 0.705. The summed E-state index contributed by atoms with van der Waals surface area (Å²) in [6.07, 6.45) is 9.42. The lowest BCUT2D eigenvalue weighted by Crippen LogP contribution is -2.22. The molecule has 0 unspecified atom stereocenters. The molecule has 0 bridgehead atoms. The minimum absolute atomic E-state index is 0.896. The molecule has 4 rings (SSSR count). The van der Waals surface area contributed by atoms with Crippen LogP contribution in [0.2, 0.25) is 0 Å². The number of nitrogens with zero attached hydrogens (tertiary/aromatic N) is 4. The molecule has 0 saturated heterocycles. The van der Waals surface area contributed by atoms with Crippen molar-refractivity contribution in [2.24, 2.45) is 0 Å². The lowest BCUT2D eigenvalue weighted by atomic mass is 10.1. The monoisotopic (exact) mass is 314 g/mol. The number of rotatable bonds is 5. The standard InChI is InChI=1S/C15H18N6S/c1(6-21-7-5-17-10-21)3-18-14-13-11-2-4-16-8-12(11)22-15(13)20-9-19-14/h5,7,9-10,16H,1-4,6,8H2,(H,18,19,20). The van der Waals surface area contributed by atoms with Gasteiger partial charge in [0.05, 0.1) is 11.7 Å². The van der Waals surface area contributed by atoms with Gasteiger partial charge in [-0.3, -0.25) is 0 Å². The molecular weight excluding hydrogens is 296 g/mol. The maximum Gasteiger partial charge on any atom is 0.138 e. The second kappa shape index (κ2) is 6.02. The van der Waals surface area contributed by atoms with Gasteiger partial charge in [-0.25, -0.2) is 15.0 Å². The number of hydrogen-bond acceptors (Lipinski definition) is 6. The molecule has 0 aromatic carbocycles. The highest BCUT2D eigenvalue weighted by molar-refractivity contribution is 7.18. The Balaban J connectivity index is 1.50. The van der Waals surface area contributed by atoms with E-state index >= 15 is 0 Å². The van der Waals surface area contributed by atoms with Crippen LogP contribution in [-0.2, 0) is 19.5 Å². The Kier molecular flexibility index (Phi) is 3.74. The van der Waals surface area contributed by atoms with Crippen LogP contribution in [0, 0.1) is 0 Å². The van der Waals surface area contributed by atoms with Crippen LogP contribution in [0.5, 0.6) is 0 Å². The lowest BCUT2D eigenvalue weighted by molar-refractivity contribution is 0.656. The minimum Gasteiger partial charge on any atom is -0.369 e. The van der Waals surface area contributed by atoms with E-state index in [9.17, 15) is 0 Å². The van der Waals surface area contributed by atoms with E-state index in [1.54, 1.807) is 17.7 Å². The zero-order chi connectivity index (χ0) is 14.8. The van der Waals surface area contributed by atoms with Crippen LogP contribution in [0.3, 0.4) is 0 Å². The summed E-state index contributed by atoms with van der Waals surface area (Å²) in [4.78, 5) is 15.5. The first-order valence-corrected chi connectivity index (χ1v) is 8.39. The number of anilines is 1. The van der Waals surface area contributed by atoms with E-state index in [-0.39, 0.29) is 0 Å². The Morgan fingerprint density at radius 2 is 2.36 bits per heavy atom. The van der Waals surface area contributed by atoms with Crippen molar-refractivity contribution in [3.8, 4) is 0 Å². The fourth-order valence-electron chi connectivity index (χ4n) is 2.88. The summed E-state index contributed by atoms with van der Waals surface area (Å²) in [6.45, 7) is 3.85. The molecule has 3 aromatic heterocycles. The molecule has 2 N–H and O–H groups in total. The molecule has 0 fully saturated rings. The van der Waals surface area contributed by atoms with E-state index < -0.39 is 0 Å². The van der Waals surface area contributed by atoms with Crippen molar-refractivity contribution in [1.29, 1.82) is 0 Å². The summed E-state index contributed by atoms with van der Waals surface area (Å²) >= 11 is 1.79. The molecule has 6 nitrogen and oxygen atoms in total. The highest BCUT2D eigenvalue weighted by atomic mass is 32.1. The summed E-state index contributed by atoms with van der Waals surface area (Å²) in [5.74, 6) is 0.982. The second-order valence-electron chi connectivity index (χ2n) is 5.41. The van der Waals surface area contributed by atoms with Crippen LogP contribution in [0.25, 0.3) is 10.2 Å². The molecule has 0 amide bonds. The number of thiophene rings is 1. The highest BCUT2D eigenvalue weighted by Gasteiger charge is 2.19. The molecule has 0 spiro atoms. The predicted molar refractivity (Wildman–Crippen MR) is 88.2 cm³/mol. The fourth-order valence-corrected chi connectivity index (χ4v) is 4.04. The van der Waals surface area contributed by atoms with E-state index in [2.05, 4.69) is 30.2 Å². The van der Waals surface area contributed by atoms with E-state index in [1.807, 2.05) is 18.7 Å². The van der Waals surface area contributed by atoms with Crippen LogP contribution < -0.4 is 10.6 Å². The SMILES string of the molecule is c1cn(CCCNc2ncnc3sc4c(c23)CCNC4)cn1. The van der Waals surface area contributed by atoms with Crippen LogP contribution in [0.15, 0.2) is 25.0 Å². The van der Waals surface area contributed by atoms with Crippen molar-refractivity contribution in [1.82, 2.24) is 24.8 Å². The van der Waals surface area contributed by atoms with Gasteiger partial charge in [0, 0.05) is 36.9 Å². The number of imidazole rings is 1. The summed E-state index contributed by atoms with van der Waals surface area (Å²) < 4.78 is 2.09. The van der Waals surface area contributed by atoms with Crippen LogP contribution in [0.1, 0.15) is 16.9 Å². The van der Waals surface area contributed by atoms with Gasteiger partial charge in [-0.05, 0) is 24.9 Å². The van der Waals surface area contributed by atoms with Crippen molar-refractivity contribution in [2.45, 2.75) is 25.9 Å². The Hall–Kier alpha value is -1.99. The van der Waals surface area contributed by atoms with Crippen molar-refractivity contribution < 1.29 is 0 Å². The van der Waals surface area contributed by atoms with Crippen molar-refractivity contribution >= 4 is 27.4 Å². The molecule has 0 saturated carbocycles. The third kappa shape index (κ3) is 2.57. The summed E-state index contributed by atoms with van der Waals surface area (Å²) in [6, 6.07) is 0. The third-order valence-electron chi connectivity index (χ3n) is 3.95. The Labute approximate surface area is 132 Å². The molecule has 1 aliphatic heterocycles. The number of aromatic nitrogens is 4. The van der Waals surface area contributed by atoms with Gasteiger partial charge in [0.25, 0.3) is 0 Å². The average Bonchev–Trinajstić information content (AvgIpc) is 3.19. The van der Waals surface area contributed by atoms with Gasteiger partial charge in [-0.15, -0.1) is 11.3 Å². The van der Waals surface area contributed by atoms with Gasteiger partial charge in [0.1, 0.15) is 17.0 Å².